The molecule has 0 spiro atoms. The fraction of sp³-hybridized carbons (Fsp3) is 0.300. The van der Waals surface area contributed by atoms with Crippen LogP contribution in [-0.4, -0.2) is 30.0 Å². The molecule has 1 amide bonds. The van der Waals surface area contributed by atoms with Gasteiger partial charge >= 0.3 is 5.97 Å². The second-order valence-corrected chi connectivity index (χ2v) is 3.77. The van der Waals surface area contributed by atoms with E-state index >= 15 is 0 Å². The van der Waals surface area contributed by atoms with Crippen molar-refractivity contribution in [2.75, 3.05) is 13.2 Å². The van der Waals surface area contributed by atoms with Crippen LogP contribution in [0, 0.1) is 0 Å². The van der Waals surface area contributed by atoms with Crippen molar-refractivity contribution >= 4 is 35.1 Å². The van der Waals surface area contributed by atoms with E-state index in [-0.39, 0.29) is 28.9 Å². The van der Waals surface area contributed by atoms with Gasteiger partial charge in [0, 0.05) is 6.20 Å². The summed E-state index contributed by atoms with van der Waals surface area (Å²) in [6.45, 7) is 1.72. The van der Waals surface area contributed by atoms with Gasteiger partial charge in [-0.1, -0.05) is 23.2 Å². The van der Waals surface area contributed by atoms with E-state index in [9.17, 15) is 9.59 Å². The predicted molar refractivity (Wildman–Crippen MR) is 63.2 cm³/mol. The van der Waals surface area contributed by atoms with Crippen molar-refractivity contribution in [2.45, 2.75) is 6.92 Å². The largest absolute Gasteiger partial charge is 0.465 e. The number of esters is 1. The molecule has 92 valence electrons. The summed E-state index contributed by atoms with van der Waals surface area (Å²) in [6.07, 6.45) is 1.27. The average Bonchev–Trinajstić information content (AvgIpc) is 2.29. The molecule has 0 aliphatic carbocycles. The Morgan fingerprint density at radius 3 is 2.82 bits per heavy atom. The van der Waals surface area contributed by atoms with E-state index in [1.54, 1.807) is 6.92 Å². The summed E-state index contributed by atoms with van der Waals surface area (Å²) in [4.78, 5) is 26.4. The molecular formula is C10H10Cl2N2O3. The minimum absolute atomic E-state index is 0.149. The Morgan fingerprint density at radius 2 is 2.18 bits per heavy atom. The molecule has 0 unspecified atom stereocenters. The lowest BCUT2D eigenvalue weighted by Crippen LogP contribution is -2.30. The zero-order valence-corrected chi connectivity index (χ0v) is 10.5. The lowest BCUT2D eigenvalue weighted by molar-refractivity contribution is -0.141. The van der Waals surface area contributed by atoms with Crippen molar-refractivity contribution in [3.63, 3.8) is 0 Å². The monoisotopic (exact) mass is 276 g/mol. The number of amides is 1. The summed E-state index contributed by atoms with van der Waals surface area (Å²) >= 11 is 11.4. The quantitative estimate of drug-likeness (QED) is 0.671. The number of aromatic nitrogens is 1. The molecule has 0 fully saturated rings. The van der Waals surface area contributed by atoms with Crippen molar-refractivity contribution < 1.29 is 14.3 Å². The number of pyridine rings is 1. The van der Waals surface area contributed by atoms with Gasteiger partial charge in [-0.3, -0.25) is 9.59 Å². The third-order valence-corrected chi connectivity index (χ3v) is 2.27. The van der Waals surface area contributed by atoms with Gasteiger partial charge in [-0.25, -0.2) is 4.98 Å². The Kier molecular flexibility index (Phi) is 5.18. The van der Waals surface area contributed by atoms with Crippen molar-refractivity contribution in [1.29, 1.82) is 0 Å². The van der Waals surface area contributed by atoms with Crippen molar-refractivity contribution in [3.05, 3.63) is 28.0 Å². The minimum Gasteiger partial charge on any atom is -0.465 e. The first-order valence-electron chi connectivity index (χ1n) is 4.79. The van der Waals surface area contributed by atoms with Crippen LogP contribution in [0.4, 0.5) is 0 Å². The van der Waals surface area contributed by atoms with Gasteiger partial charge in [0.15, 0.2) is 0 Å². The number of rotatable bonds is 4. The topological polar surface area (TPSA) is 68.3 Å². The highest BCUT2D eigenvalue weighted by Crippen LogP contribution is 2.17. The molecule has 0 saturated heterocycles. The van der Waals surface area contributed by atoms with Crippen LogP contribution >= 0.6 is 23.2 Å². The summed E-state index contributed by atoms with van der Waals surface area (Å²) in [6, 6.07) is 1.32. The molecule has 0 aliphatic heterocycles. The van der Waals surface area contributed by atoms with Crippen LogP contribution in [0.15, 0.2) is 12.3 Å². The highest BCUT2D eigenvalue weighted by molar-refractivity contribution is 6.35. The molecule has 0 aliphatic rings. The van der Waals surface area contributed by atoms with Crippen LogP contribution in [0.3, 0.4) is 0 Å². The molecule has 5 nitrogen and oxygen atoms in total. The minimum atomic E-state index is -0.517. The Morgan fingerprint density at radius 1 is 1.47 bits per heavy atom. The molecule has 1 rings (SSSR count). The maximum Gasteiger partial charge on any atom is 0.325 e. The third-order valence-electron chi connectivity index (χ3n) is 1.77. The van der Waals surface area contributed by atoms with Crippen LogP contribution in [-0.2, 0) is 9.53 Å². The predicted octanol–water partition coefficient (Wildman–Crippen LogP) is 1.68. The summed E-state index contributed by atoms with van der Waals surface area (Å²) in [5.74, 6) is -1.02. The number of carbonyl (C=O) groups excluding carboxylic acids is 2. The van der Waals surface area contributed by atoms with Crippen LogP contribution in [0.5, 0.6) is 0 Å². The van der Waals surface area contributed by atoms with Gasteiger partial charge in [0.25, 0.3) is 5.91 Å². The molecular weight excluding hydrogens is 267 g/mol. The maximum atomic E-state index is 11.6. The number of nitrogens with one attached hydrogen (secondary N) is 1. The first-order chi connectivity index (χ1) is 8.04. The van der Waals surface area contributed by atoms with Crippen molar-refractivity contribution in [1.82, 2.24) is 10.3 Å². The average molecular weight is 277 g/mol. The highest BCUT2D eigenvalue weighted by atomic mass is 35.5. The van der Waals surface area contributed by atoms with Crippen LogP contribution < -0.4 is 5.32 Å². The number of ether oxygens (including phenoxy) is 1. The fourth-order valence-corrected chi connectivity index (χ4v) is 1.39. The summed E-state index contributed by atoms with van der Waals surface area (Å²) in [5.41, 5.74) is 0.163. The van der Waals surface area contributed by atoms with Gasteiger partial charge < -0.3 is 10.1 Å². The molecule has 17 heavy (non-hydrogen) atoms. The standard InChI is InChI=1S/C10H10Cl2N2O3/c1-2-17-9(15)5-14-10(16)6-3-8(12)13-4-7(6)11/h3-4H,2,5H2,1H3,(H,14,16). The molecule has 1 N–H and O–H groups in total. The van der Waals surface area contributed by atoms with Gasteiger partial charge in [-0.15, -0.1) is 0 Å². The van der Waals surface area contributed by atoms with Crippen molar-refractivity contribution in [3.8, 4) is 0 Å². The SMILES string of the molecule is CCOC(=O)CNC(=O)c1cc(Cl)ncc1Cl. The summed E-state index contributed by atoms with van der Waals surface area (Å²) in [5, 5.41) is 2.68. The van der Waals surface area contributed by atoms with Crippen LogP contribution in [0.2, 0.25) is 10.2 Å². The molecule has 0 saturated carbocycles. The number of halogens is 2. The zero-order valence-electron chi connectivity index (χ0n) is 9.00. The Hall–Kier alpha value is -1.33. The Labute approximate surface area is 108 Å². The van der Waals surface area contributed by atoms with Crippen LogP contribution in [0.25, 0.3) is 0 Å². The van der Waals surface area contributed by atoms with E-state index in [1.165, 1.54) is 12.3 Å². The third kappa shape index (κ3) is 4.20. The second-order valence-electron chi connectivity index (χ2n) is 2.97. The molecule has 1 aromatic rings. The normalized spacial score (nSPS) is 9.82. The Bertz CT molecular complexity index is 438. The molecule has 0 aromatic carbocycles. The zero-order chi connectivity index (χ0) is 12.8. The van der Waals surface area contributed by atoms with Gasteiger partial charge in [-0.05, 0) is 13.0 Å². The summed E-state index contributed by atoms with van der Waals surface area (Å²) in [7, 11) is 0. The highest BCUT2D eigenvalue weighted by Gasteiger charge is 2.13. The number of carbonyl (C=O) groups is 2. The summed E-state index contributed by atoms with van der Waals surface area (Å²) < 4.78 is 4.66. The van der Waals surface area contributed by atoms with E-state index in [0.717, 1.165) is 0 Å². The first-order valence-corrected chi connectivity index (χ1v) is 5.55. The fourth-order valence-electron chi connectivity index (χ4n) is 1.05. The first kappa shape index (κ1) is 13.7. The number of hydrogen-bond donors (Lipinski definition) is 1. The molecule has 0 radical (unpaired) electrons. The van der Waals surface area contributed by atoms with E-state index in [4.69, 9.17) is 23.2 Å². The van der Waals surface area contributed by atoms with Gasteiger partial charge in [-0.2, -0.15) is 0 Å². The molecule has 1 aromatic heterocycles. The molecule has 1 heterocycles. The smallest absolute Gasteiger partial charge is 0.325 e. The van der Waals surface area contributed by atoms with E-state index < -0.39 is 11.9 Å². The Balaban J connectivity index is 2.64. The number of hydrogen-bond acceptors (Lipinski definition) is 4. The second kappa shape index (κ2) is 6.42. The van der Waals surface area contributed by atoms with Gasteiger partial charge in [0.05, 0.1) is 17.2 Å². The van der Waals surface area contributed by atoms with E-state index in [2.05, 4.69) is 15.0 Å². The molecule has 0 atom stereocenters. The molecule has 7 heteroatoms. The lowest BCUT2D eigenvalue weighted by atomic mass is 10.2. The number of nitrogens with zero attached hydrogens (tertiary/aromatic N) is 1. The maximum absolute atomic E-state index is 11.6. The van der Waals surface area contributed by atoms with Gasteiger partial charge in [0.1, 0.15) is 11.7 Å². The molecule has 0 bridgehead atoms. The van der Waals surface area contributed by atoms with Crippen LogP contribution in [0.1, 0.15) is 17.3 Å². The lowest BCUT2D eigenvalue weighted by Gasteiger charge is -2.06. The van der Waals surface area contributed by atoms with E-state index in [1.807, 2.05) is 0 Å². The van der Waals surface area contributed by atoms with Gasteiger partial charge in [0.2, 0.25) is 0 Å². The van der Waals surface area contributed by atoms with E-state index in [0.29, 0.717) is 0 Å². The van der Waals surface area contributed by atoms with Crippen molar-refractivity contribution in [2.24, 2.45) is 0 Å².